The molecule has 0 saturated heterocycles. The zero-order valence-electron chi connectivity index (χ0n) is 23.8. The van der Waals surface area contributed by atoms with Crippen molar-refractivity contribution in [3.8, 4) is 0 Å². The number of aliphatic hydroxyl groups is 1. The number of rotatable bonds is 4. The van der Waals surface area contributed by atoms with E-state index < -0.39 is 82.0 Å². The van der Waals surface area contributed by atoms with Crippen molar-refractivity contribution in [1.29, 1.82) is 0 Å². The van der Waals surface area contributed by atoms with Crippen LogP contribution < -0.4 is 10.6 Å². The molecule has 0 aliphatic carbocycles. The van der Waals surface area contributed by atoms with E-state index in [9.17, 15) is 5.11 Å². The maximum absolute atomic E-state index is 15.2. The molecule has 0 aromatic heterocycles. The van der Waals surface area contributed by atoms with Crippen LogP contribution in [0.1, 0.15) is 34.0 Å². The van der Waals surface area contributed by atoms with Crippen molar-refractivity contribution in [2.75, 3.05) is 0 Å². The second kappa shape index (κ2) is 10.4. The molecule has 0 amide bonds. The van der Waals surface area contributed by atoms with Crippen LogP contribution in [-0.2, 0) is 20.2 Å². The van der Waals surface area contributed by atoms with E-state index in [1.165, 1.54) is 36.4 Å². The summed E-state index contributed by atoms with van der Waals surface area (Å²) in [4.78, 5) is 0. The summed E-state index contributed by atoms with van der Waals surface area (Å²) in [5.74, 6) is 0. The summed E-state index contributed by atoms with van der Waals surface area (Å²) in [5.41, 5.74) is -18.0. The first kappa shape index (κ1) is 34.2. The molecule has 2 heterocycles. The first-order valence-corrected chi connectivity index (χ1v) is 16.0. The molecule has 4 aromatic rings. The zero-order chi connectivity index (χ0) is 35.2. The predicted molar refractivity (Wildman–Crippen MR) is 149 cm³/mol. The Morgan fingerprint density at radius 1 is 0.458 bits per heavy atom. The SMILES string of the molecule is O[C@H](c1ccccc1)[C@@H](c1ccccc1)P12(OC(C(F)(F)F)(C(F)(F)F)c3ccccc31)OC(C(F)(F)F)(C(F)(F)F)c1ccccc12. The number of benzene rings is 4. The minimum atomic E-state index is -7.37. The van der Waals surface area contributed by atoms with Crippen molar-refractivity contribution in [2.24, 2.45) is 0 Å². The molecule has 0 saturated carbocycles. The van der Waals surface area contributed by atoms with E-state index in [1.807, 2.05) is 0 Å². The molecular weight excluding hydrogens is 691 g/mol. The number of halogens is 12. The van der Waals surface area contributed by atoms with Crippen LogP contribution in [0.25, 0.3) is 0 Å². The maximum atomic E-state index is 15.2. The summed E-state index contributed by atoms with van der Waals surface area (Å²) in [6, 6.07) is 16.9. The van der Waals surface area contributed by atoms with Gasteiger partial charge in [0.2, 0.25) is 0 Å². The molecule has 2 aliphatic rings. The van der Waals surface area contributed by atoms with Gasteiger partial charge < -0.3 is 0 Å². The fraction of sp³-hybridized carbons (Fsp3) is 0.250. The molecule has 2 aliphatic heterocycles. The van der Waals surface area contributed by atoms with Crippen molar-refractivity contribution in [3.05, 3.63) is 131 Å². The molecule has 4 aromatic carbocycles. The van der Waals surface area contributed by atoms with Crippen LogP contribution in [0, 0.1) is 0 Å². The molecule has 3 nitrogen and oxygen atoms in total. The number of fused-ring (bicyclic) bond motifs is 4. The summed E-state index contributed by atoms with van der Waals surface area (Å²) in [5, 5.41) is 9.38. The van der Waals surface area contributed by atoms with Gasteiger partial charge in [0, 0.05) is 0 Å². The van der Waals surface area contributed by atoms with Crippen LogP contribution >= 0.6 is 7.06 Å². The molecule has 1 N–H and O–H groups in total. The van der Waals surface area contributed by atoms with Crippen LogP contribution in [0.5, 0.6) is 0 Å². The molecule has 6 rings (SSSR count). The first-order chi connectivity index (χ1) is 22.2. The Morgan fingerprint density at radius 2 is 0.771 bits per heavy atom. The molecule has 2 atom stereocenters. The third kappa shape index (κ3) is 4.13. The van der Waals surface area contributed by atoms with Gasteiger partial charge in [-0.15, -0.1) is 0 Å². The zero-order valence-corrected chi connectivity index (χ0v) is 24.7. The average Bonchev–Trinajstić information content (AvgIpc) is 3.46. The Kier molecular flexibility index (Phi) is 7.43. The van der Waals surface area contributed by atoms with Gasteiger partial charge in [-0.25, -0.2) is 0 Å². The van der Waals surface area contributed by atoms with Crippen molar-refractivity contribution >= 4 is 17.7 Å². The van der Waals surface area contributed by atoms with E-state index in [0.717, 1.165) is 36.4 Å². The van der Waals surface area contributed by atoms with Crippen molar-refractivity contribution in [2.45, 2.75) is 47.7 Å². The Hall–Kier alpha value is -3.65. The van der Waals surface area contributed by atoms with E-state index in [4.69, 9.17) is 9.05 Å². The van der Waals surface area contributed by atoms with Gasteiger partial charge >= 0.3 is 264 Å². The van der Waals surface area contributed by atoms with E-state index >= 15 is 52.7 Å². The number of aliphatic hydroxyl groups excluding tert-OH is 1. The Bertz CT molecular complexity index is 1720. The Morgan fingerprint density at radius 3 is 1.12 bits per heavy atom. The predicted octanol–water partition coefficient (Wildman–Crippen LogP) is 9.20. The quantitative estimate of drug-likeness (QED) is 0.170. The van der Waals surface area contributed by atoms with Gasteiger partial charge in [-0.1, -0.05) is 0 Å². The van der Waals surface area contributed by atoms with Gasteiger partial charge in [0.25, 0.3) is 0 Å². The van der Waals surface area contributed by atoms with E-state index in [2.05, 4.69) is 0 Å². The Balaban J connectivity index is 1.94. The summed E-state index contributed by atoms with van der Waals surface area (Å²) in [6.45, 7) is 0. The average molecular weight is 712 g/mol. The van der Waals surface area contributed by atoms with Crippen LogP contribution in [0.2, 0.25) is 0 Å². The summed E-state index contributed by atoms with van der Waals surface area (Å²) in [7, 11) is -7.37. The molecule has 48 heavy (non-hydrogen) atoms. The third-order valence-electron chi connectivity index (χ3n) is 8.80. The second-order valence-electron chi connectivity index (χ2n) is 11.3. The molecular formula is C32H21F12O3P. The first-order valence-electron chi connectivity index (χ1n) is 13.9. The van der Waals surface area contributed by atoms with Gasteiger partial charge in [0.05, 0.1) is 0 Å². The normalized spacial score (nSPS) is 21.5. The fourth-order valence-corrected chi connectivity index (χ4v) is 13.7. The summed E-state index contributed by atoms with van der Waals surface area (Å²) >= 11 is 0. The monoisotopic (exact) mass is 712 g/mol. The molecule has 0 fully saturated rings. The Labute approximate surface area is 263 Å². The fourth-order valence-electron chi connectivity index (χ4n) is 7.01. The van der Waals surface area contributed by atoms with Gasteiger partial charge in [-0.05, 0) is 0 Å². The van der Waals surface area contributed by atoms with Crippen LogP contribution in [0.15, 0.2) is 109 Å². The summed E-state index contributed by atoms with van der Waals surface area (Å²) in [6.07, 6.45) is -28.6. The summed E-state index contributed by atoms with van der Waals surface area (Å²) < 4.78 is 193. The molecule has 0 radical (unpaired) electrons. The van der Waals surface area contributed by atoms with Crippen LogP contribution in [0.4, 0.5) is 52.7 Å². The van der Waals surface area contributed by atoms with Gasteiger partial charge in [-0.3, -0.25) is 0 Å². The molecule has 256 valence electrons. The van der Waals surface area contributed by atoms with Crippen molar-refractivity contribution in [3.63, 3.8) is 0 Å². The van der Waals surface area contributed by atoms with E-state index in [-0.39, 0.29) is 17.7 Å². The third-order valence-corrected chi connectivity index (χ3v) is 14.3. The van der Waals surface area contributed by atoms with Gasteiger partial charge in [0.1, 0.15) is 0 Å². The minimum absolute atomic E-state index is 0.277. The van der Waals surface area contributed by atoms with Crippen LogP contribution in [-0.4, -0.2) is 29.8 Å². The number of alkyl halides is 12. The van der Waals surface area contributed by atoms with Crippen molar-refractivity contribution in [1.82, 2.24) is 0 Å². The topological polar surface area (TPSA) is 38.7 Å². The second-order valence-corrected chi connectivity index (χ2v) is 15.2. The van der Waals surface area contributed by atoms with E-state index in [1.54, 1.807) is 0 Å². The molecule has 1 spiro atoms. The molecule has 16 heteroatoms. The number of hydrogen-bond acceptors (Lipinski definition) is 3. The van der Waals surface area contributed by atoms with Crippen molar-refractivity contribution < 1.29 is 66.8 Å². The van der Waals surface area contributed by atoms with E-state index in [0.29, 0.717) is 24.3 Å². The van der Waals surface area contributed by atoms with Gasteiger partial charge in [0.15, 0.2) is 0 Å². The standard InChI is InChI=1S/C32H21F12O3P/c33-29(34,35)27(30(36,37)38)21-15-7-9-17-23(21)48(46-27,26(20-13-5-2-6-14-20)25(45)19-11-3-1-4-12-19)24-18-10-8-16-22(24)28(47-48,31(39,40)41)32(42,43)44/h1-18,25-26,45H/t25-,26-/m1/s1. The molecule has 0 unspecified atom stereocenters. The van der Waals surface area contributed by atoms with Gasteiger partial charge in [-0.2, -0.15) is 0 Å². The number of hydrogen-bond donors (Lipinski definition) is 1. The molecule has 0 bridgehead atoms. The van der Waals surface area contributed by atoms with Crippen LogP contribution in [0.3, 0.4) is 0 Å².